The topological polar surface area (TPSA) is 67.2 Å². The van der Waals surface area contributed by atoms with Gasteiger partial charge in [-0.1, -0.05) is 0 Å². The van der Waals surface area contributed by atoms with Crippen LogP contribution in [0.4, 0.5) is 11.4 Å². The Bertz CT molecular complexity index is 370. The van der Waals surface area contributed by atoms with E-state index in [1.54, 1.807) is 12.1 Å². The number of nitrogens with zero attached hydrogens (tertiary/aromatic N) is 1. The number of nitro benzene ring substituents is 1. The second-order valence-electron chi connectivity index (χ2n) is 4.33. The summed E-state index contributed by atoms with van der Waals surface area (Å²) < 4.78 is 0. The molecule has 0 aliphatic carbocycles. The van der Waals surface area contributed by atoms with Crippen LogP contribution in [0.15, 0.2) is 24.3 Å². The molecule has 1 unspecified atom stereocenters. The normalized spacial score (nSPS) is 20.6. The van der Waals surface area contributed by atoms with Crippen LogP contribution in [-0.2, 0) is 0 Å². The van der Waals surface area contributed by atoms with Crippen LogP contribution in [0, 0.1) is 10.1 Å². The Kier molecular flexibility index (Phi) is 3.93. The molecule has 0 radical (unpaired) electrons. The molecule has 5 heteroatoms. The first-order chi connectivity index (χ1) is 8.25. The lowest BCUT2D eigenvalue weighted by Gasteiger charge is -2.17. The summed E-state index contributed by atoms with van der Waals surface area (Å²) in [5.41, 5.74) is 1.10. The molecule has 0 aromatic heterocycles. The van der Waals surface area contributed by atoms with Crippen LogP contribution in [-0.4, -0.2) is 24.1 Å². The maximum atomic E-state index is 10.5. The van der Waals surface area contributed by atoms with E-state index < -0.39 is 0 Å². The maximum Gasteiger partial charge on any atom is 0.269 e. The maximum absolute atomic E-state index is 10.5. The van der Waals surface area contributed by atoms with Gasteiger partial charge >= 0.3 is 0 Å². The third-order valence-corrected chi connectivity index (χ3v) is 3.02. The average Bonchev–Trinajstić information content (AvgIpc) is 2.58. The zero-order chi connectivity index (χ0) is 12.1. The van der Waals surface area contributed by atoms with E-state index >= 15 is 0 Å². The summed E-state index contributed by atoms with van der Waals surface area (Å²) >= 11 is 0. The minimum Gasteiger partial charge on any atom is -0.382 e. The Hall–Kier alpha value is -1.62. The highest BCUT2D eigenvalue weighted by molar-refractivity contribution is 5.49. The van der Waals surface area contributed by atoms with Gasteiger partial charge in [0.05, 0.1) is 4.92 Å². The summed E-state index contributed by atoms with van der Waals surface area (Å²) in [5, 5.41) is 17.3. The third-order valence-electron chi connectivity index (χ3n) is 3.02. The minimum atomic E-state index is -0.376. The van der Waals surface area contributed by atoms with Crippen LogP contribution < -0.4 is 10.6 Å². The van der Waals surface area contributed by atoms with Crippen LogP contribution in [0.1, 0.15) is 19.3 Å². The number of anilines is 1. The van der Waals surface area contributed by atoms with Crippen molar-refractivity contribution in [2.75, 3.05) is 18.4 Å². The van der Waals surface area contributed by atoms with Gasteiger partial charge in [0.25, 0.3) is 5.69 Å². The fourth-order valence-electron chi connectivity index (χ4n) is 2.08. The van der Waals surface area contributed by atoms with Crippen molar-refractivity contribution in [1.29, 1.82) is 0 Å². The van der Waals surface area contributed by atoms with Crippen molar-refractivity contribution in [3.05, 3.63) is 34.4 Å². The number of hydrogen-bond acceptors (Lipinski definition) is 4. The molecule has 1 saturated heterocycles. The largest absolute Gasteiger partial charge is 0.382 e. The zero-order valence-corrected chi connectivity index (χ0v) is 9.69. The van der Waals surface area contributed by atoms with Crippen molar-refractivity contribution in [2.24, 2.45) is 0 Å². The lowest BCUT2D eigenvalue weighted by atomic mass is 10.1. The molecular formula is C12H17N3O2. The Balaban J connectivity index is 1.95. The second-order valence-corrected chi connectivity index (χ2v) is 4.33. The van der Waals surface area contributed by atoms with Gasteiger partial charge < -0.3 is 10.6 Å². The molecular weight excluding hydrogens is 218 g/mol. The van der Waals surface area contributed by atoms with Gasteiger partial charge in [0.2, 0.25) is 0 Å². The molecule has 17 heavy (non-hydrogen) atoms. The summed E-state index contributed by atoms with van der Waals surface area (Å²) in [4.78, 5) is 10.1. The first kappa shape index (κ1) is 11.9. The predicted octanol–water partition coefficient (Wildman–Crippen LogP) is 2.15. The molecule has 2 rings (SSSR count). The first-order valence-corrected chi connectivity index (χ1v) is 5.97. The quantitative estimate of drug-likeness (QED) is 0.622. The minimum absolute atomic E-state index is 0.137. The number of rotatable bonds is 3. The molecule has 1 fully saturated rings. The van der Waals surface area contributed by atoms with Gasteiger partial charge in [0.1, 0.15) is 0 Å². The Morgan fingerprint density at radius 1 is 1.24 bits per heavy atom. The smallest absolute Gasteiger partial charge is 0.269 e. The van der Waals surface area contributed by atoms with Crippen molar-refractivity contribution < 1.29 is 4.92 Å². The highest BCUT2D eigenvalue weighted by Gasteiger charge is 2.12. The summed E-state index contributed by atoms with van der Waals surface area (Å²) in [6.07, 6.45) is 3.41. The van der Waals surface area contributed by atoms with Gasteiger partial charge in [-0.25, -0.2) is 0 Å². The standard InChI is InChI=1S/C12H17N3O2/c16-15(17)12-5-3-11(4-6-12)14-10-2-1-8-13-9-7-10/h3-6,10,13-14H,1-2,7-9H2. The summed E-state index contributed by atoms with van der Waals surface area (Å²) in [5.74, 6) is 0. The molecule has 1 aliphatic rings. The average molecular weight is 235 g/mol. The van der Waals surface area contributed by atoms with Crippen molar-refractivity contribution >= 4 is 11.4 Å². The van der Waals surface area contributed by atoms with Gasteiger partial charge in [-0.3, -0.25) is 10.1 Å². The summed E-state index contributed by atoms with van der Waals surface area (Å²) in [6.45, 7) is 2.11. The number of benzene rings is 1. The molecule has 0 amide bonds. The Morgan fingerprint density at radius 3 is 2.71 bits per heavy atom. The van der Waals surface area contributed by atoms with Gasteiger partial charge in [0, 0.05) is 23.9 Å². The van der Waals surface area contributed by atoms with Crippen LogP contribution >= 0.6 is 0 Å². The van der Waals surface area contributed by atoms with Crippen LogP contribution in [0.5, 0.6) is 0 Å². The van der Waals surface area contributed by atoms with E-state index in [0.29, 0.717) is 6.04 Å². The molecule has 1 aromatic carbocycles. The molecule has 0 spiro atoms. The summed E-state index contributed by atoms with van der Waals surface area (Å²) in [6, 6.07) is 7.09. The molecule has 1 atom stereocenters. The van der Waals surface area contributed by atoms with Gasteiger partial charge in [0.15, 0.2) is 0 Å². The van der Waals surface area contributed by atoms with Gasteiger partial charge in [-0.2, -0.15) is 0 Å². The van der Waals surface area contributed by atoms with E-state index in [1.165, 1.54) is 18.6 Å². The zero-order valence-electron chi connectivity index (χ0n) is 9.69. The van der Waals surface area contributed by atoms with Crippen LogP contribution in [0.3, 0.4) is 0 Å². The van der Waals surface area contributed by atoms with E-state index in [-0.39, 0.29) is 10.6 Å². The van der Waals surface area contributed by atoms with E-state index in [1.807, 2.05) is 0 Å². The SMILES string of the molecule is O=[N+]([O-])c1ccc(NC2CCCNCC2)cc1. The van der Waals surface area contributed by atoms with E-state index in [2.05, 4.69) is 10.6 Å². The molecule has 2 N–H and O–H groups in total. The number of nitro groups is 1. The number of non-ortho nitro benzene ring substituents is 1. The molecule has 0 saturated carbocycles. The van der Waals surface area contributed by atoms with Crippen LogP contribution in [0.2, 0.25) is 0 Å². The van der Waals surface area contributed by atoms with Crippen LogP contribution in [0.25, 0.3) is 0 Å². The third kappa shape index (κ3) is 3.42. The van der Waals surface area contributed by atoms with E-state index in [9.17, 15) is 10.1 Å². The van der Waals surface area contributed by atoms with Gasteiger partial charge in [-0.05, 0) is 44.5 Å². The number of hydrogen-bond donors (Lipinski definition) is 2. The van der Waals surface area contributed by atoms with Crippen molar-refractivity contribution in [3.8, 4) is 0 Å². The molecule has 1 aromatic rings. The highest BCUT2D eigenvalue weighted by Crippen LogP contribution is 2.18. The Morgan fingerprint density at radius 2 is 2.00 bits per heavy atom. The molecule has 92 valence electrons. The fraction of sp³-hybridized carbons (Fsp3) is 0.500. The Labute approximate surface area is 100 Å². The lowest BCUT2D eigenvalue weighted by molar-refractivity contribution is -0.384. The first-order valence-electron chi connectivity index (χ1n) is 5.97. The van der Waals surface area contributed by atoms with Gasteiger partial charge in [-0.15, -0.1) is 0 Å². The fourth-order valence-corrected chi connectivity index (χ4v) is 2.08. The number of nitrogens with one attached hydrogen (secondary N) is 2. The monoisotopic (exact) mass is 235 g/mol. The second kappa shape index (κ2) is 5.63. The molecule has 5 nitrogen and oxygen atoms in total. The van der Waals surface area contributed by atoms with Crippen molar-refractivity contribution in [2.45, 2.75) is 25.3 Å². The highest BCUT2D eigenvalue weighted by atomic mass is 16.6. The predicted molar refractivity (Wildman–Crippen MR) is 67.2 cm³/mol. The summed E-state index contributed by atoms with van der Waals surface area (Å²) in [7, 11) is 0. The van der Waals surface area contributed by atoms with Crippen molar-refractivity contribution in [3.63, 3.8) is 0 Å². The molecule has 1 aliphatic heterocycles. The van der Waals surface area contributed by atoms with E-state index in [4.69, 9.17) is 0 Å². The van der Waals surface area contributed by atoms with Crippen molar-refractivity contribution in [1.82, 2.24) is 5.32 Å². The van der Waals surface area contributed by atoms with E-state index in [0.717, 1.165) is 31.6 Å². The molecule has 1 heterocycles. The lowest BCUT2D eigenvalue weighted by Crippen LogP contribution is -2.21. The molecule has 0 bridgehead atoms.